The van der Waals surface area contributed by atoms with Gasteiger partial charge in [-0.1, -0.05) is 12.2 Å². The van der Waals surface area contributed by atoms with Crippen LogP contribution in [0.1, 0.15) is 26.7 Å². The zero-order chi connectivity index (χ0) is 14.8. The zero-order valence-electron chi connectivity index (χ0n) is 11.2. The minimum atomic E-state index is -1.26. The summed E-state index contributed by atoms with van der Waals surface area (Å²) in [6.07, 6.45) is 0.971. The summed E-state index contributed by atoms with van der Waals surface area (Å²) in [7, 11) is 0. The molecule has 6 heteroatoms. The van der Waals surface area contributed by atoms with Gasteiger partial charge in [-0.3, -0.25) is 9.69 Å². The Bertz CT molecular complexity index is 393. The highest BCUT2D eigenvalue weighted by molar-refractivity contribution is 6.07. The molecule has 1 aliphatic heterocycles. The SMILES string of the molecule is C=CCC1(CC=C)C(=O)N(C(C)O)C(=O)N1C(C)O. The first-order valence-corrected chi connectivity index (χ1v) is 6.08. The predicted octanol–water partition coefficient (Wildman–Crippen LogP) is 0.818. The number of carbonyl (C=O) groups is 2. The van der Waals surface area contributed by atoms with E-state index in [1.54, 1.807) is 0 Å². The molecule has 1 fully saturated rings. The summed E-state index contributed by atoms with van der Waals surface area (Å²) >= 11 is 0. The van der Waals surface area contributed by atoms with Gasteiger partial charge in [0.2, 0.25) is 0 Å². The molecule has 0 saturated carbocycles. The van der Waals surface area contributed by atoms with E-state index < -0.39 is 29.9 Å². The van der Waals surface area contributed by atoms with Crippen molar-refractivity contribution in [3.63, 3.8) is 0 Å². The molecule has 1 heterocycles. The lowest BCUT2D eigenvalue weighted by atomic mass is 9.89. The fraction of sp³-hybridized carbons (Fsp3) is 0.538. The van der Waals surface area contributed by atoms with Gasteiger partial charge in [-0.05, 0) is 26.7 Å². The fourth-order valence-electron chi connectivity index (χ4n) is 2.49. The predicted molar refractivity (Wildman–Crippen MR) is 69.8 cm³/mol. The lowest BCUT2D eigenvalue weighted by Gasteiger charge is -2.35. The maximum Gasteiger partial charge on any atom is 0.331 e. The van der Waals surface area contributed by atoms with Gasteiger partial charge in [0.25, 0.3) is 5.91 Å². The van der Waals surface area contributed by atoms with E-state index in [0.29, 0.717) is 0 Å². The van der Waals surface area contributed by atoms with Gasteiger partial charge in [0.05, 0.1) is 0 Å². The second kappa shape index (κ2) is 5.54. The van der Waals surface area contributed by atoms with Crippen molar-refractivity contribution in [3.05, 3.63) is 25.3 Å². The van der Waals surface area contributed by atoms with E-state index in [9.17, 15) is 19.8 Å². The number of aliphatic hydroxyl groups excluding tert-OH is 2. The summed E-state index contributed by atoms with van der Waals surface area (Å²) in [4.78, 5) is 26.5. The number of hydrogen-bond acceptors (Lipinski definition) is 4. The maximum absolute atomic E-state index is 12.5. The van der Waals surface area contributed by atoms with E-state index in [-0.39, 0.29) is 12.8 Å². The molecular weight excluding hydrogens is 248 g/mol. The molecule has 0 aliphatic carbocycles. The average Bonchev–Trinajstić information content (AvgIpc) is 2.48. The Labute approximate surface area is 112 Å². The van der Waals surface area contributed by atoms with Crippen LogP contribution in [-0.2, 0) is 4.79 Å². The van der Waals surface area contributed by atoms with Crippen molar-refractivity contribution in [2.24, 2.45) is 0 Å². The van der Waals surface area contributed by atoms with Crippen molar-refractivity contribution in [3.8, 4) is 0 Å². The van der Waals surface area contributed by atoms with E-state index in [1.165, 1.54) is 26.0 Å². The van der Waals surface area contributed by atoms with Gasteiger partial charge in [0, 0.05) is 0 Å². The molecular formula is C13H20N2O4. The molecule has 106 valence electrons. The largest absolute Gasteiger partial charge is 0.374 e. The maximum atomic E-state index is 12.5. The van der Waals surface area contributed by atoms with Crippen LogP contribution in [0.4, 0.5) is 4.79 Å². The molecule has 1 saturated heterocycles. The monoisotopic (exact) mass is 268 g/mol. The molecule has 6 nitrogen and oxygen atoms in total. The molecule has 3 amide bonds. The molecule has 0 radical (unpaired) electrons. The molecule has 0 bridgehead atoms. The first-order valence-electron chi connectivity index (χ1n) is 6.08. The summed E-state index contributed by atoms with van der Waals surface area (Å²) in [6, 6.07) is -0.710. The molecule has 2 N–H and O–H groups in total. The van der Waals surface area contributed by atoms with Gasteiger partial charge < -0.3 is 10.2 Å². The number of urea groups is 1. The van der Waals surface area contributed by atoms with E-state index in [4.69, 9.17) is 0 Å². The molecule has 0 aromatic carbocycles. The second-order valence-corrected chi connectivity index (χ2v) is 4.61. The lowest BCUT2D eigenvalue weighted by molar-refractivity contribution is -0.140. The molecule has 0 spiro atoms. The number of aliphatic hydroxyl groups is 2. The first kappa shape index (κ1) is 15.4. The van der Waals surface area contributed by atoms with Crippen molar-refractivity contribution in [2.45, 2.75) is 44.7 Å². The van der Waals surface area contributed by atoms with Crippen LogP contribution in [-0.4, -0.2) is 49.9 Å². The van der Waals surface area contributed by atoms with Gasteiger partial charge in [-0.25, -0.2) is 9.69 Å². The Kier molecular flexibility index (Phi) is 4.49. The van der Waals surface area contributed by atoms with Crippen LogP contribution in [0.5, 0.6) is 0 Å². The van der Waals surface area contributed by atoms with Crippen molar-refractivity contribution in [2.75, 3.05) is 0 Å². The van der Waals surface area contributed by atoms with E-state index >= 15 is 0 Å². The quantitative estimate of drug-likeness (QED) is 0.552. The Morgan fingerprint density at radius 2 is 1.63 bits per heavy atom. The molecule has 0 aromatic heterocycles. The average molecular weight is 268 g/mol. The molecule has 0 aromatic rings. The van der Waals surface area contributed by atoms with Crippen LogP contribution >= 0.6 is 0 Å². The number of carbonyl (C=O) groups excluding carboxylic acids is 2. The van der Waals surface area contributed by atoms with Crippen LogP contribution in [0.3, 0.4) is 0 Å². The van der Waals surface area contributed by atoms with E-state index in [2.05, 4.69) is 13.2 Å². The smallest absolute Gasteiger partial charge is 0.331 e. The minimum Gasteiger partial charge on any atom is -0.374 e. The molecule has 19 heavy (non-hydrogen) atoms. The third-order valence-corrected chi connectivity index (χ3v) is 3.20. The third-order valence-electron chi connectivity index (χ3n) is 3.20. The van der Waals surface area contributed by atoms with Crippen molar-refractivity contribution < 1.29 is 19.8 Å². The van der Waals surface area contributed by atoms with Crippen molar-refractivity contribution in [1.29, 1.82) is 0 Å². The first-order chi connectivity index (χ1) is 8.83. The molecule has 2 unspecified atom stereocenters. The molecule has 1 aliphatic rings. The summed E-state index contributed by atoms with van der Waals surface area (Å²) in [5.74, 6) is -0.548. The lowest BCUT2D eigenvalue weighted by Crippen LogP contribution is -2.52. The highest BCUT2D eigenvalue weighted by Gasteiger charge is 2.58. The summed E-state index contributed by atoms with van der Waals surface area (Å²) in [5.41, 5.74) is -1.26. The summed E-state index contributed by atoms with van der Waals surface area (Å²) in [5, 5.41) is 19.4. The van der Waals surface area contributed by atoms with Crippen LogP contribution in [0.2, 0.25) is 0 Å². The van der Waals surface area contributed by atoms with Gasteiger partial charge in [-0.2, -0.15) is 0 Å². The Morgan fingerprint density at radius 1 is 1.16 bits per heavy atom. The van der Waals surface area contributed by atoms with Gasteiger partial charge in [0.1, 0.15) is 18.0 Å². The van der Waals surface area contributed by atoms with Crippen LogP contribution < -0.4 is 0 Å². The highest BCUT2D eigenvalue weighted by Crippen LogP contribution is 2.37. The Balaban J connectivity index is 3.37. The Morgan fingerprint density at radius 3 is 1.95 bits per heavy atom. The normalized spacial score (nSPS) is 21.5. The number of hydrogen-bond donors (Lipinski definition) is 2. The van der Waals surface area contributed by atoms with Gasteiger partial charge in [0.15, 0.2) is 0 Å². The van der Waals surface area contributed by atoms with Crippen molar-refractivity contribution >= 4 is 11.9 Å². The molecule has 2 atom stereocenters. The molecule has 1 rings (SSSR count). The topological polar surface area (TPSA) is 81.1 Å². The summed E-state index contributed by atoms with van der Waals surface area (Å²) in [6.45, 7) is 9.90. The standard InChI is InChI=1S/C13H20N2O4/c1-5-7-13(8-6-2)11(18)14(9(3)16)12(19)15(13)10(4)17/h5-6,9-10,16-17H,1-2,7-8H2,3-4H3. The number of amides is 3. The third kappa shape index (κ3) is 2.29. The van der Waals surface area contributed by atoms with Gasteiger partial charge >= 0.3 is 6.03 Å². The van der Waals surface area contributed by atoms with Crippen molar-refractivity contribution in [1.82, 2.24) is 9.80 Å². The Hall–Kier alpha value is -1.66. The zero-order valence-corrected chi connectivity index (χ0v) is 11.2. The van der Waals surface area contributed by atoms with Gasteiger partial charge in [-0.15, -0.1) is 13.2 Å². The number of imide groups is 1. The van der Waals surface area contributed by atoms with Crippen LogP contribution in [0.15, 0.2) is 25.3 Å². The summed E-state index contributed by atoms with van der Waals surface area (Å²) < 4.78 is 0. The second-order valence-electron chi connectivity index (χ2n) is 4.61. The van der Waals surface area contributed by atoms with E-state index in [1.807, 2.05) is 0 Å². The van der Waals surface area contributed by atoms with Crippen LogP contribution in [0.25, 0.3) is 0 Å². The number of rotatable bonds is 6. The number of nitrogens with zero attached hydrogens (tertiary/aromatic N) is 2. The van der Waals surface area contributed by atoms with Crippen LogP contribution in [0, 0.1) is 0 Å². The van der Waals surface area contributed by atoms with E-state index in [0.717, 1.165) is 9.80 Å². The minimum absolute atomic E-state index is 0.178. The highest BCUT2D eigenvalue weighted by atomic mass is 16.3. The fourth-order valence-corrected chi connectivity index (χ4v) is 2.49.